The van der Waals surface area contributed by atoms with E-state index >= 15 is 0 Å². The van der Waals surface area contributed by atoms with Gasteiger partial charge in [-0.3, -0.25) is 0 Å². The molecule has 208 valence electrons. The van der Waals surface area contributed by atoms with Crippen molar-refractivity contribution in [2.75, 3.05) is 22.9 Å². The smallest absolute Gasteiger partial charge is 0.0988 e. The fourth-order valence-corrected chi connectivity index (χ4v) is 10.7. The monoisotopic (exact) mass is 618 g/mol. The molecule has 5 aromatic rings. The van der Waals surface area contributed by atoms with Crippen LogP contribution in [0.15, 0.2) is 122 Å². The zero-order chi connectivity index (χ0) is 28.2. The van der Waals surface area contributed by atoms with E-state index in [0.717, 1.165) is 19.5 Å². The Bertz CT molecular complexity index is 1920. The van der Waals surface area contributed by atoms with E-state index in [9.17, 15) is 0 Å². The van der Waals surface area contributed by atoms with Gasteiger partial charge in [-0.1, -0.05) is 66.0 Å². The summed E-state index contributed by atoms with van der Waals surface area (Å²) in [5, 5.41) is 7.52. The van der Waals surface area contributed by atoms with Crippen molar-refractivity contribution in [3.8, 4) is 11.1 Å². The maximum atomic E-state index is 2.57. The second-order valence-electron chi connectivity index (χ2n) is 10.7. The summed E-state index contributed by atoms with van der Waals surface area (Å²) in [4.78, 5) is 9.20. The third-order valence-corrected chi connectivity index (χ3v) is 12.5. The topological polar surface area (TPSA) is 6.48 Å². The van der Waals surface area contributed by atoms with Gasteiger partial charge in [0.15, 0.2) is 0 Å². The van der Waals surface area contributed by atoms with Gasteiger partial charge in [0, 0.05) is 49.8 Å². The number of allylic oxidation sites excluding steroid dienone is 4. The van der Waals surface area contributed by atoms with Crippen molar-refractivity contribution in [1.29, 1.82) is 0 Å². The quantitative estimate of drug-likeness (QED) is 0.193. The van der Waals surface area contributed by atoms with E-state index in [-0.39, 0.29) is 0 Å². The molecular formula is C36H30N2S4. The van der Waals surface area contributed by atoms with Crippen LogP contribution in [0.3, 0.4) is 0 Å². The van der Waals surface area contributed by atoms with Gasteiger partial charge >= 0.3 is 0 Å². The van der Waals surface area contributed by atoms with Gasteiger partial charge < -0.3 is 9.80 Å². The summed E-state index contributed by atoms with van der Waals surface area (Å²) < 4.78 is 1.35. The fourth-order valence-electron chi connectivity index (χ4n) is 6.29. The van der Waals surface area contributed by atoms with Crippen molar-refractivity contribution < 1.29 is 0 Å². The first-order valence-electron chi connectivity index (χ1n) is 14.5. The molecule has 4 heterocycles. The molecule has 0 saturated heterocycles. The van der Waals surface area contributed by atoms with E-state index in [4.69, 9.17) is 0 Å². The summed E-state index contributed by atoms with van der Waals surface area (Å²) in [6, 6.07) is 26.9. The zero-order valence-corrected chi connectivity index (χ0v) is 26.8. The highest BCUT2D eigenvalue weighted by Crippen LogP contribution is 2.49. The van der Waals surface area contributed by atoms with Crippen LogP contribution in [-0.4, -0.2) is 18.5 Å². The minimum Gasteiger partial charge on any atom is -0.355 e. The molecule has 42 heavy (non-hydrogen) atoms. The molecule has 0 fully saturated rings. The summed E-state index contributed by atoms with van der Waals surface area (Å²) in [6.45, 7) is 6.47. The number of benzene rings is 3. The normalized spacial score (nSPS) is 19.5. The summed E-state index contributed by atoms with van der Waals surface area (Å²) >= 11 is 7.59. The lowest BCUT2D eigenvalue weighted by atomic mass is 9.93. The summed E-state index contributed by atoms with van der Waals surface area (Å²) in [5.41, 5.74) is 9.45. The van der Waals surface area contributed by atoms with Crippen LogP contribution >= 0.6 is 46.2 Å². The number of thiophene rings is 2. The lowest BCUT2D eigenvalue weighted by Gasteiger charge is -2.25. The number of para-hydroxylation sites is 1. The van der Waals surface area contributed by atoms with Crippen LogP contribution in [0.1, 0.15) is 24.3 Å². The van der Waals surface area contributed by atoms with E-state index in [1.54, 1.807) is 0 Å². The predicted octanol–water partition coefficient (Wildman–Crippen LogP) is 10.9. The maximum absolute atomic E-state index is 2.57. The van der Waals surface area contributed by atoms with Gasteiger partial charge in [0.25, 0.3) is 0 Å². The number of thioether (sulfide) groups is 2. The van der Waals surface area contributed by atoms with Crippen LogP contribution in [0.2, 0.25) is 0 Å². The number of nitrogens with zero attached hydrogens (tertiary/aromatic N) is 2. The van der Waals surface area contributed by atoms with Gasteiger partial charge in [0.2, 0.25) is 0 Å². The van der Waals surface area contributed by atoms with E-state index in [1.165, 1.54) is 69.0 Å². The van der Waals surface area contributed by atoms with E-state index < -0.39 is 0 Å². The average molecular weight is 619 g/mol. The number of hydrogen-bond donors (Lipinski definition) is 0. The number of hydrogen-bond acceptors (Lipinski definition) is 6. The molecular weight excluding hydrogens is 589 g/mol. The molecule has 3 aromatic carbocycles. The third-order valence-electron chi connectivity index (χ3n) is 8.31. The van der Waals surface area contributed by atoms with E-state index in [2.05, 4.69) is 125 Å². The minimum absolute atomic E-state index is 0.290. The molecule has 3 aliphatic rings. The second kappa shape index (κ2) is 10.8. The first-order valence-corrected chi connectivity index (χ1v) is 17.9. The molecule has 0 N–H and O–H groups in total. The van der Waals surface area contributed by atoms with Crippen LogP contribution in [0.4, 0.5) is 11.4 Å². The van der Waals surface area contributed by atoms with Gasteiger partial charge in [-0.25, -0.2) is 0 Å². The molecule has 2 nitrogen and oxygen atoms in total. The minimum atomic E-state index is 0.290. The Balaban J connectivity index is 1.13. The summed E-state index contributed by atoms with van der Waals surface area (Å²) in [5.74, 6) is 0. The number of likely N-dealkylation sites (N-methyl/N-ethyl adjacent to an activating group) is 1. The Kier molecular flexibility index (Phi) is 6.83. The highest BCUT2D eigenvalue weighted by atomic mass is 32.2. The molecule has 2 aliphatic heterocycles. The molecule has 8 rings (SSSR count). The summed E-state index contributed by atoms with van der Waals surface area (Å²) in [7, 11) is 0. The Morgan fingerprint density at radius 3 is 2.64 bits per heavy atom. The van der Waals surface area contributed by atoms with Crippen LogP contribution in [0.5, 0.6) is 0 Å². The van der Waals surface area contributed by atoms with Gasteiger partial charge in [0.1, 0.15) is 0 Å². The standard InChI is InChI=1S/C36H30N2S4/c1-3-37-29-10-6-8-12-32(29)41-36(37)21-25-17-23(18-34-26(25)15-16-39-34)19-35-38(4-2)30-20-24(13-14-33(30)42-35)28-22-40-31-11-7-5-9-27(28)31/h5-17,19-22,35H,3-4,18H2,1-2H3/b23-19-,36-21-. The van der Waals surface area contributed by atoms with Crippen LogP contribution < -0.4 is 9.80 Å². The maximum Gasteiger partial charge on any atom is 0.0988 e. The largest absolute Gasteiger partial charge is 0.355 e. The van der Waals surface area contributed by atoms with Crippen molar-refractivity contribution >= 4 is 73.2 Å². The molecule has 0 amide bonds. The fraction of sp³-hybridized carbons (Fsp3) is 0.167. The highest BCUT2D eigenvalue weighted by Gasteiger charge is 2.30. The van der Waals surface area contributed by atoms with Crippen molar-refractivity contribution in [3.63, 3.8) is 0 Å². The molecule has 0 saturated carbocycles. The third kappa shape index (κ3) is 4.47. The van der Waals surface area contributed by atoms with E-state index in [1.807, 2.05) is 46.2 Å². The SMILES string of the molecule is CCN1/C(=C/C2=CC(=C/C3Sc4ccc(-c5csc6ccccc56)cc4N3CC)/Cc3sccc32)Sc2ccccc21. The molecule has 1 unspecified atom stereocenters. The van der Waals surface area contributed by atoms with Crippen LogP contribution in [0, 0.1) is 0 Å². The molecule has 1 atom stereocenters. The zero-order valence-electron chi connectivity index (χ0n) is 23.5. The molecule has 2 aromatic heterocycles. The first kappa shape index (κ1) is 26.5. The lowest BCUT2D eigenvalue weighted by Crippen LogP contribution is -2.27. The Morgan fingerprint density at radius 1 is 0.857 bits per heavy atom. The number of rotatable bonds is 5. The Hall–Kier alpha value is -3.16. The van der Waals surface area contributed by atoms with Gasteiger partial charge in [-0.2, -0.15) is 0 Å². The average Bonchev–Trinajstić information content (AvgIpc) is 3.80. The van der Waals surface area contributed by atoms with Gasteiger partial charge in [-0.15, -0.1) is 22.7 Å². The number of fused-ring (bicyclic) bond motifs is 4. The molecule has 0 bridgehead atoms. The van der Waals surface area contributed by atoms with E-state index in [0.29, 0.717) is 5.37 Å². The predicted molar refractivity (Wildman–Crippen MR) is 187 cm³/mol. The van der Waals surface area contributed by atoms with Crippen molar-refractivity contribution in [3.05, 3.63) is 123 Å². The van der Waals surface area contributed by atoms with Crippen molar-refractivity contribution in [2.45, 2.75) is 35.4 Å². The molecule has 0 spiro atoms. The van der Waals surface area contributed by atoms with Crippen LogP contribution in [-0.2, 0) is 6.42 Å². The molecule has 6 heteroatoms. The first-order chi connectivity index (χ1) is 20.7. The van der Waals surface area contributed by atoms with Gasteiger partial charge in [0.05, 0.1) is 21.8 Å². The van der Waals surface area contributed by atoms with Gasteiger partial charge in [-0.05, 0) is 95.4 Å². The van der Waals surface area contributed by atoms with Crippen molar-refractivity contribution in [2.24, 2.45) is 0 Å². The van der Waals surface area contributed by atoms with Crippen LogP contribution in [0.25, 0.3) is 26.8 Å². The number of anilines is 2. The highest BCUT2D eigenvalue weighted by molar-refractivity contribution is 8.03. The Labute approximate surface area is 264 Å². The Morgan fingerprint density at radius 2 is 1.74 bits per heavy atom. The molecule has 0 radical (unpaired) electrons. The summed E-state index contributed by atoms with van der Waals surface area (Å²) in [6.07, 6.45) is 8.38. The van der Waals surface area contributed by atoms with Crippen molar-refractivity contribution in [1.82, 2.24) is 0 Å². The molecule has 1 aliphatic carbocycles. The second-order valence-corrected chi connectivity index (χ2v) is 14.8. The lowest BCUT2D eigenvalue weighted by molar-refractivity contribution is 0.872.